The van der Waals surface area contributed by atoms with E-state index in [1.807, 2.05) is 0 Å². The monoisotopic (exact) mass is 286 g/mol. The van der Waals surface area contributed by atoms with Crippen LogP contribution in [0.3, 0.4) is 0 Å². The Morgan fingerprint density at radius 3 is 1.38 bits per heavy atom. The first-order chi connectivity index (χ1) is 10.1. The third kappa shape index (κ3) is 3.75. The molecule has 2 rings (SSSR count). The number of carbonyl (C=O) groups excluding carboxylic acids is 2. The van der Waals surface area contributed by atoms with Crippen molar-refractivity contribution >= 4 is 11.9 Å². The molecule has 5 heteroatoms. The molecular formula is C16H14O5. The van der Waals surface area contributed by atoms with Gasteiger partial charge in [0, 0.05) is 0 Å². The van der Waals surface area contributed by atoms with Crippen LogP contribution in [-0.4, -0.2) is 22.2 Å². The second-order valence-electron chi connectivity index (χ2n) is 4.37. The maximum Gasteiger partial charge on any atom is 0.347 e. The second-order valence-corrected chi connectivity index (χ2v) is 4.37. The second kappa shape index (κ2) is 6.78. The first-order valence-electron chi connectivity index (χ1n) is 6.31. The van der Waals surface area contributed by atoms with Crippen LogP contribution < -0.4 is 0 Å². The lowest BCUT2D eigenvalue weighted by molar-refractivity contribution is -0.171. The third-order valence-electron chi connectivity index (χ3n) is 2.88. The van der Waals surface area contributed by atoms with Crippen LogP contribution in [0.4, 0.5) is 0 Å². The molecule has 2 N–H and O–H groups in total. The van der Waals surface area contributed by atoms with Crippen molar-refractivity contribution in [3.05, 3.63) is 71.8 Å². The Kier molecular flexibility index (Phi) is 4.81. The van der Waals surface area contributed by atoms with E-state index >= 15 is 0 Å². The van der Waals surface area contributed by atoms with Crippen LogP contribution >= 0.6 is 0 Å². The Morgan fingerprint density at radius 1 is 0.714 bits per heavy atom. The molecule has 0 saturated heterocycles. The summed E-state index contributed by atoms with van der Waals surface area (Å²) in [5.41, 5.74) is 0.619. The first kappa shape index (κ1) is 14.9. The highest BCUT2D eigenvalue weighted by Gasteiger charge is 2.26. The number of ether oxygens (including phenoxy) is 1. The Balaban J connectivity index is 2.01. The van der Waals surface area contributed by atoms with Crippen LogP contribution in [0.5, 0.6) is 0 Å². The molecule has 2 aromatic rings. The summed E-state index contributed by atoms with van der Waals surface area (Å²) in [6.07, 6.45) is -3.14. The van der Waals surface area contributed by atoms with Gasteiger partial charge in [-0.3, -0.25) is 0 Å². The standard InChI is InChI=1S/C16H14O5/c17-13(11-7-3-1-4-8-11)15(19)21-16(20)14(18)12-9-5-2-6-10-12/h1-10,13-14,17-18H/t13-,14-/m1/s1. The van der Waals surface area contributed by atoms with Crippen LogP contribution in [0, 0.1) is 0 Å². The minimum Gasteiger partial charge on any atom is -0.389 e. The predicted octanol–water partition coefficient (Wildman–Crippen LogP) is 1.52. The van der Waals surface area contributed by atoms with Crippen molar-refractivity contribution in [1.29, 1.82) is 0 Å². The van der Waals surface area contributed by atoms with Crippen molar-refractivity contribution < 1.29 is 24.5 Å². The van der Waals surface area contributed by atoms with Crippen molar-refractivity contribution in [2.45, 2.75) is 12.2 Å². The Hall–Kier alpha value is -2.50. The van der Waals surface area contributed by atoms with Crippen LogP contribution in [0.1, 0.15) is 23.3 Å². The van der Waals surface area contributed by atoms with Gasteiger partial charge < -0.3 is 14.9 Å². The maximum absolute atomic E-state index is 11.7. The third-order valence-corrected chi connectivity index (χ3v) is 2.88. The van der Waals surface area contributed by atoms with Gasteiger partial charge in [0.1, 0.15) is 0 Å². The number of aliphatic hydroxyl groups excluding tert-OH is 2. The van der Waals surface area contributed by atoms with Gasteiger partial charge in [0.15, 0.2) is 12.2 Å². The lowest BCUT2D eigenvalue weighted by Gasteiger charge is -2.12. The molecule has 0 amide bonds. The fourth-order valence-electron chi connectivity index (χ4n) is 1.75. The molecule has 0 heterocycles. The number of rotatable bonds is 4. The molecule has 0 aliphatic rings. The normalized spacial score (nSPS) is 13.2. The van der Waals surface area contributed by atoms with Gasteiger partial charge in [0.25, 0.3) is 0 Å². The number of esters is 2. The smallest absolute Gasteiger partial charge is 0.347 e. The van der Waals surface area contributed by atoms with E-state index in [9.17, 15) is 19.8 Å². The van der Waals surface area contributed by atoms with Gasteiger partial charge in [0.2, 0.25) is 0 Å². The minimum atomic E-state index is -1.57. The van der Waals surface area contributed by atoms with E-state index in [-0.39, 0.29) is 0 Å². The van der Waals surface area contributed by atoms with Crippen LogP contribution in [0.15, 0.2) is 60.7 Å². The molecule has 0 aliphatic carbocycles. The Morgan fingerprint density at radius 2 is 1.05 bits per heavy atom. The fourth-order valence-corrected chi connectivity index (χ4v) is 1.75. The summed E-state index contributed by atoms with van der Waals surface area (Å²) in [4.78, 5) is 23.4. The number of hydrogen-bond donors (Lipinski definition) is 2. The average Bonchev–Trinajstić information content (AvgIpc) is 2.55. The summed E-state index contributed by atoms with van der Waals surface area (Å²) in [6, 6.07) is 16.2. The van der Waals surface area contributed by atoms with Crippen LogP contribution in [0.25, 0.3) is 0 Å². The zero-order valence-corrected chi connectivity index (χ0v) is 11.0. The molecule has 0 spiro atoms. The molecule has 0 aliphatic heterocycles. The molecule has 0 bridgehead atoms. The van der Waals surface area contributed by atoms with E-state index in [1.54, 1.807) is 36.4 Å². The lowest BCUT2D eigenvalue weighted by Crippen LogP contribution is -2.23. The minimum absolute atomic E-state index is 0.310. The van der Waals surface area contributed by atoms with Crippen molar-refractivity contribution in [3.63, 3.8) is 0 Å². The highest BCUT2D eigenvalue weighted by Crippen LogP contribution is 2.17. The summed E-state index contributed by atoms with van der Waals surface area (Å²) in [7, 11) is 0. The van der Waals surface area contributed by atoms with Gasteiger partial charge in [-0.25, -0.2) is 9.59 Å². The summed E-state index contributed by atoms with van der Waals surface area (Å²) in [5.74, 6) is -2.25. The summed E-state index contributed by atoms with van der Waals surface area (Å²) >= 11 is 0. The van der Waals surface area contributed by atoms with Crippen LogP contribution in [0.2, 0.25) is 0 Å². The molecule has 2 aromatic carbocycles. The molecule has 2 atom stereocenters. The van der Waals surface area contributed by atoms with E-state index in [0.717, 1.165) is 0 Å². The molecule has 5 nitrogen and oxygen atoms in total. The summed E-state index contributed by atoms with van der Waals surface area (Å²) in [6.45, 7) is 0. The quantitative estimate of drug-likeness (QED) is 0.657. The maximum atomic E-state index is 11.7. The molecule has 108 valence electrons. The van der Waals surface area contributed by atoms with Gasteiger partial charge in [-0.15, -0.1) is 0 Å². The van der Waals surface area contributed by atoms with Gasteiger partial charge in [-0.2, -0.15) is 0 Å². The zero-order valence-electron chi connectivity index (χ0n) is 11.0. The molecule has 0 fully saturated rings. The number of carbonyl (C=O) groups is 2. The van der Waals surface area contributed by atoms with E-state index in [0.29, 0.717) is 11.1 Å². The average molecular weight is 286 g/mol. The van der Waals surface area contributed by atoms with Gasteiger partial charge in [-0.1, -0.05) is 60.7 Å². The SMILES string of the molecule is O=C(OC(=O)[C@H](O)c1ccccc1)[C@H](O)c1ccccc1. The highest BCUT2D eigenvalue weighted by atomic mass is 16.6. The Bertz CT molecular complexity index is 554. The van der Waals surface area contributed by atoms with Crippen molar-refractivity contribution in [2.24, 2.45) is 0 Å². The number of hydrogen-bond acceptors (Lipinski definition) is 5. The van der Waals surface area contributed by atoms with Crippen LogP contribution in [-0.2, 0) is 14.3 Å². The van der Waals surface area contributed by atoms with Crippen molar-refractivity contribution in [3.8, 4) is 0 Å². The Labute approximate surface area is 121 Å². The topological polar surface area (TPSA) is 83.8 Å². The van der Waals surface area contributed by atoms with E-state index < -0.39 is 24.1 Å². The van der Waals surface area contributed by atoms with Gasteiger partial charge in [-0.05, 0) is 11.1 Å². The van der Waals surface area contributed by atoms with E-state index in [1.165, 1.54) is 24.3 Å². The molecule has 21 heavy (non-hydrogen) atoms. The molecule has 0 aromatic heterocycles. The molecule has 0 saturated carbocycles. The van der Waals surface area contributed by atoms with Crippen molar-refractivity contribution in [2.75, 3.05) is 0 Å². The number of benzene rings is 2. The predicted molar refractivity (Wildman–Crippen MR) is 73.9 cm³/mol. The van der Waals surface area contributed by atoms with E-state index in [4.69, 9.17) is 0 Å². The molecular weight excluding hydrogens is 272 g/mol. The largest absolute Gasteiger partial charge is 0.389 e. The number of aliphatic hydroxyl groups is 2. The summed E-state index contributed by atoms with van der Waals surface area (Å²) < 4.78 is 4.50. The fraction of sp³-hybridized carbons (Fsp3) is 0.125. The highest BCUT2D eigenvalue weighted by molar-refractivity contribution is 5.90. The first-order valence-corrected chi connectivity index (χ1v) is 6.31. The molecule has 0 unspecified atom stereocenters. The zero-order chi connectivity index (χ0) is 15.2. The van der Waals surface area contributed by atoms with Gasteiger partial charge >= 0.3 is 11.9 Å². The summed E-state index contributed by atoms with van der Waals surface area (Å²) in [5, 5.41) is 19.6. The van der Waals surface area contributed by atoms with E-state index in [2.05, 4.69) is 4.74 Å². The molecule has 0 radical (unpaired) electrons. The van der Waals surface area contributed by atoms with Gasteiger partial charge in [0.05, 0.1) is 0 Å². The lowest BCUT2D eigenvalue weighted by atomic mass is 10.1. The van der Waals surface area contributed by atoms with Crippen molar-refractivity contribution in [1.82, 2.24) is 0 Å².